The van der Waals surface area contributed by atoms with Crippen molar-refractivity contribution in [2.75, 3.05) is 0 Å². The zero-order valence-electron chi connectivity index (χ0n) is 15.5. The average Bonchev–Trinajstić information content (AvgIpc) is 2.92. The molecule has 1 fully saturated rings. The van der Waals surface area contributed by atoms with Crippen molar-refractivity contribution in [1.82, 2.24) is 20.1 Å². The molecule has 1 aliphatic carbocycles. The van der Waals surface area contributed by atoms with Crippen LogP contribution in [-0.2, 0) is 11.3 Å². The molecule has 0 radical (unpaired) electrons. The highest BCUT2D eigenvalue weighted by molar-refractivity contribution is 5.76. The van der Waals surface area contributed by atoms with E-state index in [4.69, 9.17) is 0 Å². The molecule has 5 heteroatoms. The minimum atomic E-state index is 0.117. The van der Waals surface area contributed by atoms with Crippen molar-refractivity contribution in [3.63, 3.8) is 0 Å². The Morgan fingerprint density at radius 3 is 2.40 bits per heavy atom. The molecular weight excluding hydrogens is 312 g/mol. The van der Waals surface area contributed by atoms with E-state index in [1.807, 2.05) is 18.5 Å². The third kappa shape index (κ3) is 4.68. The lowest BCUT2D eigenvalue weighted by atomic mass is 9.81. The molecule has 5 nitrogen and oxygen atoms in total. The van der Waals surface area contributed by atoms with E-state index in [1.54, 1.807) is 0 Å². The Bertz CT molecular complexity index is 712. The molecule has 1 aromatic carbocycles. The van der Waals surface area contributed by atoms with E-state index in [0.29, 0.717) is 24.9 Å². The zero-order chi connectivity index (χ0) is 17.8. The Balaban J connectivity index is 1.43. The van der Waals surface area contributed by atoms with Gasteiger partial charge < -0.3 is 5.32 Å². The Labute approximate surface area is 149 Å². The lowest BCUT2D eigenvalue weighted by Crippen LogP contribution is -2.37. The second-order valence-corrected chi connectivity index (χ2v) is 7.21. The third-order valence-electron chi connectivity index (χ3n) is 5.15. The van der Waals surface area contributed by atoms with Crippen LogP contribution in [0.2, 0.25) is 0 Å². The number of aromatic nitrogens is 3. The van der Waals surface area contributed by atoms with Gasteiger partial charge in [-0.25, -0.2) is 9.67 Å². The molecule has 134 valence electrons. The molecule has 1 amide bonds. The number of nitrogens with one attached hydrogen (secondary N) is 1. The van der Waals surface area contributed by atoms with Crippen molar-refractivity contribution in [2.24, 2.45) is 0 Å². The minimum absolute atomic E-state index is 0.117. The molecule has 1 N–H and O–H groups in total. The van der Waals surface area contributed by atoms with Crippen LogP contribution < -0.4 is 5.32 Å². The maximum Gasteiger partial charge on any atom is 0.222 e. The first-order valence-corrected chi connectivity index (χ1v) is 9.25. The van der Waals surface area contributed by atoms with Gasteiger partial charge in [-0.2, -0.15) is 5.10 Å². The highest BCUT2D eigenvalue weighted by Crippen LogP contribution is 2.32. The molecule has 1 aliphatic rings. The van der Waals surface area contributed by atoms with Gasteiger partial charge in [-0.15, -0.1) is 0 Å². The first-order chi connectivity index (χ1) is 12.0. The zero-order valence-corrected chi connectivity index (χ0v) is 15.5. The Kier molecular flexibility index (Phi) is 5.51. The van der Waals surface area contributed by atoms with Crippen LogP contribution >= 0.6 is 0 Å². The lowest BCUT2D eigenvalue weighted by Gasteiger charge is -2.29. The lowest BCUT2D eigenvalue weighted by molar-refractivity contribution is -0.122. The number of benzene rings is 1. The summed E-state index contributed by atoms with van der Waals surface area (Å²) in [5.41, 5.74) is 2.75. The first kappa shape index (κ1) is 17.6. The molecule has 1 aromatic heterocycles. The van der Waals surface area contributed by atoms with E-state index in [0.717, 1.165) is 37.3 Å². The summed E-state index contributed by atoms with van der Waals surface area (Å²) in [5.74, 6) is 2.37. The van der Waals surface area contributed by atoms with Gasteiger partial charge >= 0.3 is 0 Å². The van der Waals surface area contributed by atoms with Crippen LogP contribution in [0, 0.1) is 20.8 Å². The van der Waals surface area contributed by atoms with Gasteiger partial charge in [0, 0.05) is 12.5 Å². The molecule has 0 atom stereocenters. The van der Waals surface area contributed by atoms with E-state index < -0.39 is 0 Å². The highest BCUT2D eigenvalue weighted by Gasteiger charge is 2.23. The van der Waals surface area contributed by atoms with Crippen LogP contribution in [-0.4, -0.2) is 26.7 Å². The molecule has 0 aliphatic heterocycles. The highest BCUT2D eigenvalue weighted by atomic mass is 16.1. The van der Waals surface area contributed by atoms with Crippen molar-refractivity contribution in [3.05, 3.63) is 47.0 Å². The van der Waals surface area contributed by atoms with E-state index in [2.05, 4.69) is 46.6 Å². The first-order valence-electron chi connectivity index (χ1n) is 9.25. The Morgan fingerprint density at radius 2 is 1.80 bits per heavy atom. The predicted molar refractivity (Wildman–Crippen MR) is 98.4 cm³/mol. The standard InChI is InChI=1S/C20H28N4O/c1-14-4-6-17(7-5-14)18-8-10-19(11-9-18)22-20(25)12-13-24-16(3)21-15(2)23-24/h4-7,18-19H,8-13H2,1-3H3,(H,22,25). The van der Waals surface area contributed by atoms with Crippen molar-refractivity contribution in [3.8, 4) is 0 Å². The molecule has 0 unspecified atom stereocenters. The molecule has 3 rings (SSSR count). The topological polar surface area (TPSA) is 59.8 Å². The van der Waals surface area contributed by atoms with Crippen LogP contribution in [0.25, 0.3) is 0 Å². The monoisotopic (exact) mass is 340 g/mol. The second kappa shape index (κ2) is 7.81. The normalized spacial score (nSPS) is 20.4. The SMILES string of the molecule is Cc1ccc(C2CCC(NC(=O)CCn3nc(C)nc3C)CC2)cc1. The van der Waals surface area contributed by atoms with Crippen LogP contribution in [0.1, 0.15) is 60.8 Å². The number of carbonyl (C=O) groups excluding carboxylic acids is 1. The summed E-state index contributed by atoms with van der Waals surface area (Å²) >= 11 is 0. The van der Waals surface area contributed by atoms with Crippen molar-refractivity contribution in [1.29, 1.82) is 0 Å². The number of carbonyl (C=O) groups is 1. The van der Waals surface area contributed by atoms with Gasteiger partial charge in [0.1, 0.15) is 11.6 Å². The molecular formula is C20H28N4O. The third-order valence-corrected chi connectivity index (χ3v) is 5.15. The van der Waals surface area contributed by atoms with Crippen molar-refractivity contribution >= 4 is 5.91 Å². The van der Waals surface area contributed by atoms with Crippen LogP contribution in [0.15, 0.2) is 24.3 Å². The quantitative estimate of drug-likeness (QED) is 0.907. The Morgan fingerprint density at radius 1 is 1.12 bits per heavy atom. The summed E-state index contributed by atoms with van der Waals surface area (Å²) in [6.07, 6.45) is 4.88. The summed E-state index contributed by atoms with van der Waals surface area (Å²) in [7, 11) is 0. The molecule has 1 saturated carbocycles. The Hall–Kier alpha value is -2.17. The van der Waals surface area contributed by atoms with E-state index in [1.165, 1.54) is 11.1 Å². The van der Waals surface area contributed by atoms with Gasteiger partial charge in [-0.3, -0.25) is 4.79 Å². The summed E-state index contributed by atoms with van der Waals surface area (Å²) in [6, 6.07) is 9.20. The molecule has 0 bridgehead atoms. The molecule has 25 heavy (non-hydrogen) atoms. The number of rotatable bonds is 5. The predicted octanol–water partition coefficient (Wildman–Crippen LogP) is 3.44. The fourth-order valence-corrected chi connectivity index (χ4v) is 3.69. The molecule has 0 saturated heterocycles. The number of aryl methyl sites for hydroxylation is 4. The van der Waals surface area contributed by atoms with Gasteiger partial charge in [0.05, 0.1) is 6.54 Å². The maximum atomic E-state index is 12.2. The van der Waals surface area contributed by atoms with Gasteiger partial charge in [0.2, 0.25) is 5.91 Å². The number of amides is 1. The van der Waals surface area contributed by atoms with E-state index in [-0.39, 0.29) is 5.91 Å². The van der Waals surface area contributed by atoms with Crippen LogP contribution in [0.3, 0.4) is 0 Å². The van der Waals surface area contributed by atoms with Crippen LogP contribution in [0.4, 0.5) is 0 Å². The van der Waals surface area contributed by atoms with E-state index >= 15 is 0 Å². The molecule has 2 aromatic rings. The van der Waals surface area contributed by atoms with Gasteiger partial charge in [0.15, 0.2) is 0 Å². The maximum absolute atomic E-state index is 12.2. The number of hydrogen-bond acceptors (Lipinski definition) is 3. The number of nitrogens with zero attached hydrogens (tertiary/aromatic N) is 3. The fourth-order valence-electron chi connectivity index (χ4n) is 3.69. The molecule has 1 heterocycles. The van der Waals surface area contributed by atoms with Crippen molar-refractivity contribution < 1.29 is 4.79 Å². The largest absolute Gasteiger partial charge is 0.353 e. The van der Waals surface area contributed by atoms with Crippen molar-refractivity contribution in [2.45, 2.75) is 71.4 Å². The average molecular weight is 340 g/mol. The summed E-state index contributed by atoms with van der Waals surface area (Å²) in [5, 5.41) is 7.50. The van der Waals surface area contributed by atoms with Crippen LogP contribution in [0.5, 0.6) is 0 Å². The van der Waals surface area contributed by atoms with Gasteiger partial charge in [-0.05, 0) is 57.9 Å². The molecule has 0 spiro atoms. The summed E-state index contributed by atoms with van der Waals surface area (Å²) in [6.45, 7) is 6.51. The van der Waals surface area contributed by atoms with E-state index in [9.17, 15) is 4.79 Å². The second-order valence-electron chi connectivity index (χ2n) is 7.21. The summed E-state index contributed by atoms with van der Waals surface area (Å²) in [4.78, 5) is 16.5. The fraction of sp³-hybridized carbons (Fsp3) is 0.550. The number of hydrogen-bond donors (Lipinski definition) is 1. The summed E-state index contributed by atoms with van der Waals surface area (Å²) < 4.78 is 1.81. The van der Waals surface area contributed by atoms with Gasteiger partial charge in [-0.1, -0.05) is 29.8 Å². The minimum Gasteiger partial charge on any atom is -0.353 e. The van der Waals surface area contributed by atoms with Gasteiger partial charge in [0.25, 0.3) is 0 Å². The smallest absolute Gasteiger partial charge is 0.222 e.